The van der Waals surface area contributed by atoms with E-state index < -0.39 is 0 Å². The maximum atomic E-state index is 13.1. The summed E-state index contributed by atoms with van der Waals surface area (Å²) in [4.78, 5) is 17.3. The summed E-state index contributed by atoms with van der Waals surface area (Å²) >= 11 is 24.6. The van der Waals surface area contributed by atoms with Gasteiger partial charge >= 0.3 is 0 Å². The highest BCUT2D eigenvalue weighted by Crippen LogP contribution is 2.36. The van der Waals surface area contributed by atoms with Gasteiger partial charge in [-0.15, -0.1) is 0 Å². The normalized spacial score (nSPS) is 14.4. The summed E-state index contributed by atoms with van der Waals surface area (Å²) in [6.07, 6.45) is 0. The Morgan fingerprint density at radius 2 is 1.52 bits per heavy atom. The van der Waals surface area contributed by atoms with Gasteiger partial charge in [0.2, 0.25) is 0 Å². The zero-order chi connectivity index (χ0) is 23.4. The van der Waals surface area contributed by atoms with Crippen LogP contribution in [0.2, 0.25) is 20.1 Å². The van der Waals surface area contributed by atoms with Crippen molar-refractivity contribution < 1.29 is 9.53 Å². The van der Waals surface area contributed by atoms with E-state index in [1.165, 1.54) is 0 Å². The second-order valence-electron chi connectivity index (χ2n) is 7.85. The standard InChI is InChI=1S/C25H22Cl4N2O2/c26-20-13-22(28)24(23(29)14-20)33-16-17-4-3-6-18(12-17)25(32)31-10-8-30(9-11-31)15-19-5-1-2-7-21(19)27/h1-7,12-14H,8-11,15-16H2. The third kappa shape index (κ3) is 6.14. The molecule has 1 saturated heterocycles. The van der Waals surface area contributed by atoms with Gasteiger partial charge in [-0.3, -0.25) is 9.69 Å². The van der Waals surface area contributed by atoms with Gasteiger partial charge in [0.25, 0.3) is 5.91 Å². The molecule has 3 aromatic carbocycles. The minimum atomic E-state index is 0.0109. The van der Waals surface area contributed by atoms with E-state index in [4.69, 9.17) is 51.1 Å². The van der Waals surface area contributed by atoms with Crippen LogP contribution in [0, 0.1) is 0 Å². The largest absolute Gasteiger partial charge is 0.486 e. The van der Waals surface area contributed by atoms with E-state index in [0.717, 1.165) is 35.8 Å². The summed E-state index contributed by atoms with van der Waals surface area (Å²) < 4.78 is 5.80. The molecule has 0 bridgehead atoms. The second-order valence-corrected chi connectivity index (χ2v) is 9.51. The lowest BCUT2D eigenvalue weighted by atomic mass is 10.1. The van der Waals surface area contributed by atoms with E-state index in [1.54, 1.807) is 12.1 Å². The van der Waals surface area contributed by atoms with Gasteiger partial charge in [-0.1, -0.05) is 76.7 Å². The molecule has 1 amide bonds. The molecule has 0 unspecified atom stereocenters. The Kier molecular flexibility index (Phi) is 8.05. The lowest BCUT2D eigenvalue weighted by molar-refractivity contribution is 0.0628. The van der Waals surface area contributed by atoms with Gasteiger partial charge in [0.1, 0.15) is 6.61 Å². The zero-order valence-electron chi connectivity index (χ0n) is 17.7. The molecule has 0 spiro atoms. The minimum absolute atomic E-state index is 0.0109. The van der Waals surface area contributed by atoms with E-state index >= 15 is 0 Å². The highest BCUT2D eigenvalue weighted by Gasteiger charge is 2.23. The number of carbonyl (C=O) groups is 1. The topological polar surface area (TPSA) is 32.8 Å². The van der Waals surface area contributed by atoms with Crippen molar-refractivity contribution in [3.8, 4) is 5.75 Å². The van der Waals surface area contributed by atoms with Crippen molar-refractivity contribution in [2.24, 2.45) is 0 Å². The fourth-order valence-electron chi connectivity index (χ4n) is 3.78. The Labute approximate surface area is 213 Å². The number of hydrogen-bond acceptors (Lipinski definition) is 3. The van der Waals surface area contributed by atoms with Gasteiger partial charge in [-0.25, -0.2) is 0 Å². The number of halogens is 4. The zero-order valence-corrected chi connectivity index (χ0v) is 20.8. The average Bonchev–Trinajstić information content (AvgIpc) is 2.80. The first-order valence-electron chi connectivity index (χ1n) is 10.5. The van der Waals surface area contributed by atoms with Crippen LogP contribution >= 0.6 is 46.4 Å². The molecular weight excluding hydrogens is 502 g/mol. The molecule has 0 aromatic heterocycles. The van der Waals surface area contributed by atoms with E-state index in [0.29, 0.717) is 39.5 Å². The Bertz CT molecular complexity index is 1120. The smallest absolute Gasteiger partial charge is 0.253 e. The van der Waals surface area contributed by atoms with Gasteiger partial charge in [-0.2, -0.15) is 0 Å². The molecule has 1 heterocycles. The Hall–Kier alpha value is -1.95. The number of ether oxygens (including phenoxy) is 1. The third-order valence-electron chi connectivity index (χ3n) is 5.53. The molecule has 0 radical (unpaired) electrons. The number of benzene rings is 3. The number of piperazine rings is 1. The monoisotopic (exact) mass is 522 g/mol. The Morgan fingerprint density at radius 3 is 2.21 bits per heavy atom. The van der Waals surface area contributed by atoms with E-state index in [1.807, 2.05) is 53.4 Å². The molecule has 1 aliphatic rings. The summed E-state index contributed by atoms with van der Waals surface area (Å²) in [6.45, 7) is 3.94. The van der Waals surface area contributed by atoms with Crippen molar-refractivity contribution >= 4 is 52.3 Å². The maximum absolute atomic E-state index is 13.1. The predicted octanol–water partition coefficient (Wildman–Crippen LogP) is 6.84. The van der Waals surface area contributed by atoms with Crippen LogP contribution in [0.5, 0.6) is 5.75 Å². The summed E-state index contributed by atoms with van der Waals surface area (Å²) in [5.41, 5.74) is 2.58. The van der Waals surface area contributed by atoms with Crippen LogP contribution in [0.25, 0.3) is 0 Å². The summed E-state index contributed by atoms with van der Waals surface area (Å²) in [6, 6.07) is 18.4. The molecule has 8 heteroatoms. The number of carbonyl (C=O) groups excluding carboxylic acids is 1. The highest BCUT2D eigenvalue weighted by atomic mass is 35.5. The molecule has 1 aliphatic heterocycles. The molecule has 1 fully saturated rings. The molecule has 4 rings (SSSR count). The lowest BCUT2D eigenvalue weighted by Gasteiger charge is -2.35. The van der Waals surface area contributed by atoms with Gasteiger partial charge < -0.3 is 9.64 Å². The van der Waals surface area contributed by atoms with Crippen LogP contribution in [0.15, 0.2) is 60.7 Å². The fraction of sp³-hybridized carbons (Fsp3) is 0.240. The van der Waals surface area contributed by atoms with E-state index in [9.17, 15) is 4.79 Å². The SMILES string of the molecule is O=C(c1cccc(COc2c(Cl)cc(Cl)cc2Cl)c1)N1CCN(Cc2ccccc2Cl)CC1. The molecule has 172 valence electrons. The van der Waals surface area contributed by atoms with Gasteiger partial charge in [-0.05, 0) is 41.5 Å². The molecule has 4 nitrogen and oxygen atoms in total. The highest BCUT2D eigenvalue weighted by molar-refractivity contribution is 6.40. The predicted molar refractivity (Wildman–Crippen MR) is 135 cm³/mol. The van der Waals surface area contributed by atoms with Crippen LogP contribution in [-0.2, 0) is 13.2 Å². The van der Waals surface area contributed by atoms with Crippen molar-refractivity contribution in [3.63, 3.8) is 0 Å². The Balaban J connectivity index is 1.35. The van der Waals surface area contributed by atoms with Crippen LogP contribution in [0.3, 0.4) is 0 Å². The van der Waals surface area contributed by atoms with E-state index in [2.05, 4.69) is 4.90 Å². The maximum Gasteiger partial charge on any atom is 0.253 e. The number of amides is 1. The van der Waals surface area contributed by atoms with Crippen LogP contribution in [0.1, 0.15) is 21.5 Å². The van der Waals surface area contributed by atoms with Crippen molar-refractivity contribution in [3.05, 3.63) is 97.4 Å². The van der Waals surface area contributed by atoms with Crippen molar-refractivity contribution in [1.29, 1.82) is 0 Å². The first kappa shape index (κ1) is 24.2. The van der Waals surface area contributed by atoms with Gasteiger partial charge in [0.05, 0.1) is 10.0 Å². The first-order valence-corrected chi connectivity index (χ1v) is 12.0. The third-order valence-corrected chi connectivity index (χ3v) is 6.68. The van der Waals surface area contributed by atoms with Crippen molar-refractivity contribution in [1.82, 2.24) is 9.80 Å². The van der Waals surface area contributed by atoms with Crippen molar-refractivity contribution in [2.45, 2.75) is 13.2 Å². The molecule has 0 atom stereocenters. The minimum Gasteiger partial charge on any atom is -0.486 e. The lowest BCUT2D eigenvalue weighted by Crippen LogP contribution is -2.48. The molecule has 0 aliphatic carbocycles. The summed E-state index contributed by atoms with van der Waals surface area (Å²) in [5.74, 6) is 0.380. The fourth-order valence-corrected chi connectivity index (χ4v) is 4.90. The van der Waals surface area contributed by atoms with Crippen LogP contribution in [-0.4, -0.2) is 41.9 Å². The van der Waals surface area contributed by atoms with Gasteiger partial charge in [0, 0.05) is 48.3 Å². The summed E-state index contributed by atoms with van der Waals surface area (Å²) in [7, 11) is 0. The van der Waals surface area contributed by atoms with Crippen molar-refractivity contribution in [2.75, 3.05) is 26.2 Å². The number of rotatable bonds is 6. The second kappa shape index (κ2) is 11.0. The average molecular weight is 524 g/mol. The van der Waals surface area contributed by atoms with Crippen LogP contribution < -0.4 is 4.74 Å². The first-order chi connectivity index (χ1) is 15.9. The molecule has 33 heavy (non-hydrogen) atoms. The molecule has 3 aromatic rings. The van der Waals surface area contributed by atoms with Gasteiger partial charge in [0.15, 0.2) is 5.75 Å². The quantitative estimate of drug-likeness (QED) is 0.354. The van der Waals surface area contributed by atoms with Crippen LogP contribution in [0.4, 0.5) is 0 Å². The number of hydrogen-bond donors (Lipinski definition) is 0. The Morgan fingerprint density at radius 1 is 0.818 bits per heavy atom. The molecule has 0 saturated carbocycles. The summed E-state index contributed by atoms with van der Waals surface area (Å²) in [5, 5.41) is 1.90. The molecule has 0 N–H and O–H groups in total. The molecular formula is C25H22Cl4N2O2. The van der Waals surface area contributed by atoms with E-state index in [-0.39, 0.29) is 12.5 Å². The number of nitrogens with zero attached hydrogens (tertiary/aromatic N) is 2.